The Bertz CT molecular complexity index is 1230. The van der Waals surface area contributed by atoms with Crippen LogP contribution in [0.15, 0.2) is 91.0 Å². The van der Waals surface area contributed by atoms with Gasteiger partial charge < -0.3 is 28.8 Å². The first kappa shape index (κ1) is 32.6. The molecular formula is C34H42O8Si. The van der Waals surface area contributed by atoms with E-state index >= 15 is 0 Å². The summed E-state index contributed by atoms with van der Waals surface area (Å²) in [6.07, 6.45) is 2.13. The molecule has 4 rings (SSSR count). The lowest BCUT2D eigenvalue weighted by Gasteiger charge is -2.39. The Morgan fingerprint density at radius 3 is 1.72 bits per heavy atom. The summed E-state index contributed by atoms with van der Waals surface area (Å²) in [5.74, 6) is -0.924. The first-order valence-electron chi connectivity index (χ1n) is 15.1. The molecule has 2 N–H and O–H groups in total. The van der Waals surface area contributed by atoms with Crippen LogP contribution in [-0.4, -0.2) is 61.8 Å². The molecule has 0 radical (unpaired) electrons. The predicted octanol–water partition coefficient (Wildman–Crippen LogP) is 4.36. The fourth-order valence-corrected chi connectivity index (χ4v) is 7.69. The summed E-state index contributed by atoms with van der Waals surface area (Å²) in [5, 5.41) is 21.5. The second-order valence-electron chi connectivity index (χ2n) is 10.8. The molecule has 2 unspecified atom stereocenters. The van der Waals surface area contributed by atoms with Crippen LogP contribution < -0.4 is 0 Å². The number of hydrogen-bond acceptors (Lipinski definition) is 8. The third-order valence-corrected chi connectivity index (χ3v) is 10.2. The van der Waals surface area contributed by atoms with Crippen molar-refractivity contribution in [2.75, 3.05) is 6.61 Å². The zero-order chi connectivity index (χ0) is 30.3. The number of aliphatic hydroxyl groups is 2. The van der Waals surface area contributed by atoms with Crippen LogP contribution in [0.2, 0.25) is 0 Å². The zero-order valence-corrected chi connectivity index (χ0v) is 25.6. The van der Waals surface area contributed by atoms with Gasteiger partial charge in [0.05, 0.1) is 6.61 Å². The third-order valence-electron chi connectivity index (χ3n) is 7.40. The molecule has 1 fully saturated rings. The number of esters is 2. The van der Waals surface area contributed by atoms with Crippen molar-refractivity contribution >= 4 is 21.0 Å². The van der Waals surface area contributed by atoms with E-state index in [9.17, 15) is 19.8 Å². The fourth-order valence-electron chi connectivity index (χ4n) is 5.12. The van der Waals surface area contributed by atoms with Gasteiger partial charge in [-0.2, -0.15) is 0 Å². The van der Waals surface area contributed by atoms with Gasteiger partial charge in [-0.1, -0.05) is 91.0 Å². The summed E-state index contributed by atoms with van der Waals surface area (Å²) >= 11 is 0. The van der Waals surface area contributed by atoms with Gasteiger partial charge in [0.2, 0.25) is 0 Å². The van der Waals surface area contributed by atoms with Crippen molar-refractivity contribution in [3.05, 3.63) is 108 Å². The normalized spacial score (nSPS) is 20.7. The second-order valence-corrected chi connectivity index (χ2v) is 13.4. The molecule has 0 bridgehead atoms. The van der Waals surface area contributed by atoms with Crippen LogP contribution in [0.5, 0.6) is 0 Å². The quantitative estimate of drug-likeness (QED) is 0.141. The molecule has 0 saturated carbocycles. The van der Waals surface area contributed by atoms with Crippen molar-refractivity contribution < 1.29 is 38.4 Å². The highest BCUT2D eigenvalue weighted by molar-refractivity contribution is 6.55. The summed E-state index contributed by atoms with van der Waals surface area (Å²) < 4.78 is 23.0. The summed E-state index contributed by atoms with van der Waals surface area (Å²) in [6, 6.07) is 29.7. The highest BCUT2D eigenvalue weighted by Gasteiger charge is 2.48. The number of carbonyl (C=O) groups is 2. The Kier molecular flexibility index (Phi) is 13.4. The maximum absolute atomic E-state index is 12.8. The van der Waals surface area contributed by atoms with E-state index in [0.717, 1.165) is 29.5 Å². The molecule has 0 aromatic heterocycles. The van der Waals surface area contributed by atoms with Crippen LogP contribution in [0.4, 0.5) is 0 Å². The molecular weight excluding hydrogens is 564 g/mol. The number of hydrogen-bond donors (Lipinski definition) is 2. The van der Waals surface area contributed by atoms with E-state index in [-0.39, 0.29) is 19.4 Å². The van der Waals surface area contributed by atoms with Gasteiger partial charge in [0.1, 0.15) is 12.0 Å². The van der Waals surface area contributed by atoms with E-state index in [1.807, 2.05) is 91.0 Å². The summed E-state index contributed by atoms with van der Waals surface area (Å²) in [6.45, 7) is -0.0960. The van der Waals surface area contributed by atoms with Gasteiger partial charge in [-0.15, -0.1) is 0 Å². The Hall–Kier alpha value is -3.34. The largest absolute Gasteiger partial charge is 0.461 e. The lowest BCUT2D eigenvalue weighted by atomic mass is 10.1. The zero-order valence-electron chi connectivity index (χ0n) is 24.5. The second kappa shape index (κ2) is 17.7. The first-order valence-corrected chi connectivity index (χ1v) is 16.9. The van der Waals surface area contributed by atoms with E-state index in [4.69, 9.17) is 18.6 Å². The number of carbonyl (C=O) groups excluding carboxylic acids is 2. The van der Waals surface area contributed by atoms with Crippen LogP contribution in [0.3, 0.4) is 0 Å². The average Bonchev–Trinajstić information content (AvgIpc) is 3.02. The third kappa shape index (κ3) is 11.3. The lowest BCUT2D eigenvalue weighted by molar-refractivity contribution is -0.201. The molecule has 1 aliphatic heterocycles. The lowest BCUT2D eigenvalue weighted by Crippen LogP contribution is -2.61. The molecule has 3 aromatic rings. The van der Waals surface area contributed by atoms with Crippen molar-refractivity contribution in [3.8, 4) is 0 Å². The molecule has 3 aromatic carbocycles. The van der Waals surface area contributed by atoms with Crippen LogP contribution in [0.1, 0.15) is 55.2 Å². The van der Waals surface area contributed by atoms with Crippen LogP contribution in [-0.2, 0) is 47.5 Å². The minimum atomic E-state index is -2.90. The van der Waals surface area contributed by atoms with Gasteiger partial charge in [-0.3, -0.25) is 9.59 Å². The molecule has 0 spiro atoms. The molecule has 0 amide bonds. The summed E-state index contributed by atoms with van der Waals surface area (Å²) in [5.41, 5.74) is 1.43. The van der Waals surface area contributed by atoms with Crippen LogP contribution in [0.25, 0.3) is 0 Å². The van der Waals surface area contributed by atoms with E-state index in [0.29, 0.717) is 32.1 Å². The van der Waals surface area contributed by atoms with Gasteiger partial charge in [0.15, 0.2) is 12.0 Å². The topological polar surface area (TPSA) is 112 Å². The number of benzene rings is 3. The average molecular weight is 607 g/mol. The number of ether oxygens (including phenoxy) is 3. The molecule has 1 heterocycles. The van der Waals surface area contributed by atoms with Gasteiger partial charge in [0.25, 0.3) is 9.04 Å². The van der Waals surface area contributed by atoms with Gasteiger partial charge in [0, 0.05) is 12.8 Å². The van der Waals surface area contributed by atoms with Crippen molar-refractivity contribution in [3.63, 3.8) is 0 Å². The molecule has 0 aliphatic carbocycles. The Labute approximate surface area is 255 Å². The van der Waals surface area contributed by atoms with E-state index in [1.54, 1.807) is 0 Å². The molecule has 8 nitrogen and oxygen atoms in total. The van der Waals surface area contributed by atoms with Gasteiger partial charge >= 0.3 is 11.9 Å². The number of aryl methyl sites for hydroxylation is 3. The standard InChI is InChI=1S/C34H42O8Si/c35-29(22-10-19-26-13-4-1-5-14-26)40-32-25-39-33(38)34(41-30(36)23-11-20-27-15-6-2-7-16-27)43(32)42-31(37)24-12-21-28-17-8-3-9-18-28/h1-9,13-18,31-34,37-38,43H,10-12,19-25H2/t31?,32-,33?,34+,43-/m0/s1. The molecule has 43 heavy (non-hydrogen) atoms. The molecule has 1 aliphatic rings. The highest BCUT2D eigenvalue weighted by Crippen LogP contribution is 2.23. The summed E-state index contributed by atoms with van der Waals surface area (Å²) in [7, 11) is -2.90. The maximum atomic E-state index is 12.8. The fraction of sp³-hybridized carbons (Fsp3) is 0.412. The van der Waals surface area contributed by atoms with Gasteiger partial charge in [-0.25, -0.2) is 0 Å². The molecule has 5 atom stereocenters. The van der Waals surface area contributed by atoms with Crippen molar-refractivity contribution in [1.29, 1.82) is 0 Å². The molecule has 1 saturated heterocycles. The Morgan fingerprint density at radius 2 is 1.21 bits per heavy atom. The minimum absolute atomic E-state index is 0.0960. The summed E-state index contributed by atoms with van der Waals surface area (Å²) in [4.78, 5) is 25.6. The Balaban J connectivity index is 1.34. The minimum Gasteiger partial charge on any atom is -0.461 e. The predicted molar refractivity (Wildman–Crippen MR) is 164 cm³/mol. The monoisotopic (exact) mass is 606 g/mol. The van der Waals surface area contributed by atoms with Gasteiger partial charge in [-0.05, 0) is 61.6 Å². The van der Waals surface area contributed by atoms with E-state index < -0.39 is 45.0 Å². The maximum Gasteiger partial charge on any atom is 0.306 e. The van der Waals surface area contributed by atoms with Crippen molar-refractivity contribution in [2.45, 2.75) is 81.8 Å². The van der Waals surface area contributed by atoms with E-state index in [1.165, 1.54) is 0 Å². The van der Waals surface area contributed by atoms with Crippen LogP contribution in [0, 0.1) is 0 Å². The van der Waals surface area contributed by atoms with E-state index in [2.05, 4.69) is 0 Å². The van der Waals surface area contributed by atoms with Crippen molar-refractivity contribution in [1.82, 2.24) is 0 Å². The van der Waals surface area contributed by atoms with Crippen molar-refractivity contribution in [2.24, 2.45) is 0 Å². The Morgan fingerprint density at radius 1 is 0.744 bits per heavy atom. The van der Waals surface area contributed by atoms with Crippen LogP contribution >= 0.6 is 0 Å². The number of aliphatic hydroxyl groups excluding tert-OH is 2. The first-order chi connectivity index (χ1) is 21.0. The number of rotatable bonds is 16. The smallest absolute Gasteiger partial charge is 0.306 e. The molecule has 230 valence electrons. The highest BCUT2D eigenvalue weighted by atomic mass is 28.3. The molecule has 9 heteroatoms. The SMILES string of the molecule is O=C(CCCc1ccccc1)O[C@@H]1COC(O)[C@H](OC(=O)CCCc2ccccc2)[Si@H]1OC(O)CCCc1ccccc1.